The highest BCUT2D eigenvalue weighted by atomic mass is 32.2. The molecule has 1 unspecified atom stereocenters. The molecule has 1 aromatic heterocycles. The van der Waals surface area contributed by atoms with Gasteiger partial charge in [-0.2, -0.15) is 0 Å². The van der Waals surface area contributed by atoms with E-state index >= 15 is 0 Å². The number of rotatable bonds is 5. The van der Waals surface area contributed by atoms with E-state index in [1.165, 1.54) is 11.4 Å². The van der Waals surface area contributed by atoms with Gasteiger partial charge in [0.2, 0.25) is 0 Å². The van der Waals surface area contributed by atoms with E-state index in [2.05, 4.69) is 42.6 Å². The van der Waals surface area contributed by atoms with Crippen molar-refractivity contribution in [3.63, 3.8) is 0 Å². The van der Waals surface area contributed by atoms with E-state index in [-0.39, 0.29) is 11.2 Å². The number of nitrogens with zero attached hydrogens (tertiary/aromatic N) is 2. The summed E-state index contributed by atoms with van der Waals surface area (Å²) >= 11 is 0. The van der Waals surface area contributed by atoms with Crippen LogP contribution in [0.4, 0.5) is 0 Å². The monoisotopic (exact) mass is 412 g/mol. The van der Waals surface area contributed by atoms with E-state index in [9.17, 15) is 9.00 Å². The lowest BCUT2D eigenvalue weighted by molar-refractivity contribution is 0.0909. The molecule has 29 heavy (non-hydrogen) atoms. The molecule has 1 fully saturated rings. The molecule has 1 atom stereocenters. The van der Waals surface area contributed by atoms with Gasteiger partial charge in [-0.15, -0.1) is 0 Å². The number of ketones is 1. The summed E-state index contributed by atoms with van der Waals surface area (Å²) in [6.07, 6.45) is 4.43. The van der Waals surface area contributed by atoms with E-state index in [4.69, 9.17) is 0 Å². The molecular weight excluding hydrogens is 380 g/mol. The third-order valence-corrected chi connectivity index (χ3v) is 8.07. The summed E-state index contributed by atoms with van der Waals surface area (Å²) in [5.74, 6) is 0.264. The highest BCUT2D eigenvalue weighted by Gasteiger charge is 2.36. The number of hydrogen-bond acceptors (Lipinski definition) is 2. The van der Waals surface area contributed by atoms with Crippen LogP contribution in [-0.4, -0.2) is 32.0 Å². The van der Waals surface area contributed by atoms with Crippen LogP contribution in [-0.2, 0) is 30.4 Å². The number of Topliss-reactive ketones (excluding diaryl/α,β-unsaturated/α-hetero) is 1. The predicted molar refractivity (Wildman–Crippen MR) is 118 cm³/mol. The topological polar surface area (TPSA) is 42.3 Å². The first kappa shape index (κ1) is 20.5. The van der Waals surface area contributed by atoms with Gasteiger partial charge in [-0.3, -0.25) is 4.79 Å². The minimum Gasteiger partial charge on any atom is -0.348 e. The lowest BCUT2D eigenvalue weighted by Crippen LogP contribution is -2.28. The first-order chi connectivity index (χ1) is 13.8. The summed E-state index contributed by atoms with van der Waals surface area (Å²) in [5.41, 5.74) is 5.53. The van der Waals surface area contributed by atoms with Gasteiger partial charge in [-0.25, -0.2) is 8.51 Å². The summed E-state index contributed by atoms with van der Waals surface area (Å²) in [4.78, 5) is 14.0. The van der Waals surface area contributed by atoms with Crippen molar-refractivity contribution < 1.29 is 9.00 Å². The molecule has 1 aliphatic heterocycles. The van der Waals surface area contributed by atoms with Crippen molar-refractivity contribution in [2.24, 2.45) is 5.41 Å². The van der Waals surface area contributed by atoms with Gasteiger partial charge >= 0.3 is 0 Å². The number of hydrogen-bond donors (Lipinski definition) is 0. The second kappa shape index (κ2) is 7.84. The zero-order valence-electron chi connectivity index (χ0n) is 18.1. The number of fused-ring (bicyclic) bond motifs is 1. The largest absolute Gasteiger partial charge is 0.348 e. The van der Waals surface area contributed by atoms with Crippen LogP contribution in [0.5, 0.6) is 0 Å². The van der Waals surface area contributed by atoms with Gasteiger partial charge in [0.25, 0.3) is 0 Å². The van der Waals surface area contributed by atoms with Gasteiger partial charge in [0.15, 0.2) is 5.78 Å². The minimum atomic E-state index is -1.13. The summed E-state index contributed by atoms with van der Waals surface area (Å²) in [5, 5.41) is 0. The van der Waals surface area contributed by atoms with Crippen molar-refractivity contribution in [3.8, 4) is 0 Å². The van der Waals surface area contributed by atoms with Crippen LogP contribution in [0, 0.1) is 12.3 Å². The van der Waals surface area contributed by atoms with Gasteiger partial charge < -0.3 is 4.57 Å². The molecule has 4 nitrogen and oxygen atoms in total. The fourth-order valence-electron chi connectivity index (χ4n) is 5.06. The van der Waals surface area contributed by atoms with Gasteiger partial charge in [-0.05, 0) is 55.7 Å². The molecule has 2 aromatic rings. The minimum absolute atomic E-state index is 0.00816. The molecule has 4 rings (SSSR count). The zero-order valence-corrected chi connectivity index (χ0v) is 18.9. The lowest BCUT2D eigenvalue weighted by atomic mass is 9.75. The third-order valence-electron chi connectivity index (χ3n) is 6.47. The summed E-state index contributed by atoms with van der Waals surface area (Å²) < 4.78 is 17.6. The summed E-state index contributed by atoms with van der Waals surface area (Å²) in [6.45, 7) is 11.3. The van der Waals surface area contributed by atoms with Crippen LogP contribution in [0.2, 0.25) is 0 Å². The molecule has 0 N–H and O–H groups in total. The quantitative estimate of drug-likeness (QED) is 0.715. The molecule has 156 valence electrons. The average Bonchev–Trinajstić information content (AvgIpc) is 3.28. The zero-order chi connectivity index (χ0) is 20.8. The standard InChI is InChI=1S/C24H32N2O2S/c1-5-26-17(2)19(23-20(26)15-24(3,4)16-21(23)27)14-18-10-6-7-11-22(18)29(28)25-12-8-9-13-25/h6-7,10-11H,5,8-9,12-16H2,1-4H3. The number of aromatic nitrogens is 1. The Balaban J connectivity index is 1.76. The Bertz CT molecular complexity index is 968. The van der Waals surface area contributed by atoms with Crippen molar-refractivity contribution in [3.05, 3.63) is 52.3 Å². The number of benzene rings is 1. The van der Waals surface area contributed by atoms with Crippen molar-refractivity contribution in [2.45, 2.75) is 71.2 Å². The smallest absolute Gasteiger partial charge is 0.165 e. The molecule has 0 bridgehead atoms. The Morgan fingerprint density at radius 3 is 2.48 bits per heavy atom. The van der Waals surface area contributed by atoms with Crippen LogP contribution in [0.3, 0.4) is 0 Å². The Morgan fingerprint density at radius 2 is 1.79 bits per heavy atom. The van der Waals surface area contributed by atoms with Crippen molar-refractivity contribution >= 4 is 16.8 Å². The molecule has 2 heterocycles. The lowest BCUT2D eigenvalue weighted by Gasteiger charge is -2.30. The molecule has 2 aliphatic rings. The van der Waals surface area contributed by atoms with Crippen LogP contribution in [0.1, 0.15) is 72.9 Å². The van der Waals surface area contributed by atoms with E-state index in [0.717, 1.165) is 60.5 Å². The van der Waals surface area contributed by atoms with Crippen molar-refractivity contribution in [2.75, 3.05) is 13.1 Å². The summed E-state index contributed by atoms with van der Waals surface area (Å²) in [6, 6.07) is 8.06. The second-order valence-corrected chi connectivity index (χ2v) is 10.7. The highest BCUT2D eigenvalue weighted by molar-refractivity contribution is 7.82. The summed E-state index contributed by atoms with van der Waals surface area (Å²) in [7, 11) is -1.13. The van der Waals surface area contributed by atoms with Gasteiger partial charge in [0, 0.05) is 49.4 Å². The average molecular weight is 413 g/mol. The Kier molecular flexibility index (Phi) is 5.56. The van der Waals surface area contributed by atoms with Gasteiger partial charge in [0.1, 0.15) is 11.0 Å². The molecule has 0 amide bonds. The molecule has 1 saturated heterocycles. The fourth-order valence-corrected chi connectivity index (χ4v) is 6.48. The van der Waals surface area contributed by atoms with Gasteiger partial charge in [-0.1, -0.05) is 32.0 Å². The fraction of sp³-hybridized carbons (Fsp3) is 0.542. The van der Waals surface area contributed by atoms with E-state index in [0.29, 0.717) is 12.8 Å². The molecular formula is C24H32N2O2S. The Morgan fingerprint density at radius 1 is 1.10 bits per heavy atom. The molecule has 0 spiro atoms. The first-order valence-corrected chi connectivity index (χ1v) is 11.9. The van der Waals surface area contributed by atoms with Crippen molar-refractivity contribution in [1.29, 1.82) is 0 Å². The molecule has 0 saturated carbocycles. The molecule has 0 radical (unpaired) electrons. The Labute approximate surface area is 176 Å². The van der Waals surface area contributed by atoms with E-state index in [1.54, 1.807) is 0 Å². The predicted octanol–water partition coefficient (Wildman–Crippen LogP) is 4.68. The van der Waals surface area contributed by atoms with Crippen molar-refractivity contribution in [1.82, 2.24) is 8.87 Å². The van der Waals surface area contributed by atoms with Crippen LogP contribution >= 0.6 is 0 Å². The first-order valence-electron chi connectivity index (χ1n) is 10.8. The highest BCUT2D eigenvalue weighted by Crippen LogP contribution is 2.39. The van der Waals surface area contributed by atoms with Crippen LogP contribution in [0.15, 0.2) is 29.2 Å². The number of carbonyl (C=O) groups excluding carboxylic acids is 1. The number of carbonyl (C=O) groups is 1. The molecule has 1 aliphatic carbocycles. The maximum Gasteiger partial charge on any atom is 0.165 e. The van der Waals surface area contributed by atoms with Crippen LogP contribution in [0.25, 0.3) is 0 Å². The Hall–Kier alpha value is -1.72. The van der Waals surface area contributed by atoms with E-state index < -0.39 is 11.0 Å². The SMILES string of the molecule is CCn1c(C)c(Cc2ccccc2S(=O)N2CCCC2)c2c1CC(C)(C)CC2=O. The second-order valence-electron chi connectivity index (χ2n) is 9.24. The molecule has 1 aromatic carbocycles. The maximum absolute atomic E-state index is 13.2. The van der Waals surface area contributed by atoms with E-state index in [1.807, 2.05) is 18.2 Å². The third kappa shape index (κ3) is 3.75. The normalized spacial score (nSPS) is 20.1. The van der Waals surface area contributed by atoms with Crippen LogP contribution < -0.4 is 0 Å². The molecule has 5 heteroatoms. The van der Waals surface area contributed by atoms with Gasteiger partial charge in [0.05, 0.1) is 4.90 Å². The maximum atomic E-state index is 13.2.